The number of nitrogens with one attached hydrogen (secondary N) is 3. The van der Waals surface area contributed by atoms with Crippen LogP contribution in [0.2, 0.25) is 0 Å². The fourth-order valence-electron chi connectivity index (χ4n) is 4.70. The second-order valence-electron chi connectivity index (χ2n) is 7.91. The van der Waals surface area contributed by atoms with Crippen molar-refractivity contribution >= 4 is 22.7 Å². The van der Waals surface area contributed by atoms with Crippen molar-refractivity contribution in [2.45, 2.75) is 48.0 Å². The summed E-state index contributed by atoms with van der Waals surface area (Å²) in [5.74, 6) is 0. The normalized spacial score (nSPS) is 23.7. The van der Waals surface area contributed by atoms with Gasteiger partial charge in [0.1, 0.15) is 5.03 Å². The van der Waals surface area contributed by atoms with E-state index in [1.165, 1.54) is 25.7 Å². The smallest absolute Gasteiger partial charge is 0.119 e. The van der Waals surface area contributed by atoms with E-state index in [1.54, 1.807) is 0 Å². The van der Waals surface area contributed by atoms with Gasteiger partial charge in [-0.2, -0.15) is 10.2 Å². The Morgan fingerprint density at radius 3 is 2.52 bits per heavy atom. The third-order valence-electron chi connectivity index (χ3n) is 6.06. The zero-order valence-corrected chi connectivity index (χ0v) is 16.6. The molecule has 8 heteroatoms. The number of piperidine rings is 1. The molecule has 0 aliphatic carbocycles. The molecule has 4 aromatic rings. The fraction of sp³-hybridized carbons (Fsp3) is 0.333. The molecule has 3 aromatic heterocycles. The SMILES string of the molecule is c1n[nH]cc1-c1ccc(-c2ccc(SC3C[C@H]4CC[C@@H](C3)N4)nn2)c2[nH]ncc12. The first-order valence-corrected chi connectivity index (χ1v) is 10.9. The Morgan fingerprint density at radius 1 is 0.897 bits per heavy atom. The summed E-state index contributed by atoms with van der Waals surface area (Å²) in [5.41, 5.74) is 4.96. The average molecular weight is 404 g/mol. The number of rotatable bonds is 4. The van der Waals surface area contributed by atoms with Crippen LogP contribution in [0.25, 0.3) is 33.3 Å². The minimum absolute atomic E-state index is 0.641. The van der Waals surface area contributed by atoms with Gasteiger partial charge in [-0.1, -0.05) is 6.07 Å². The number of aromatic nitrogens is 6. The van der Waals surface area contributed by atoms with Crippen LogP contribution in [-0.4, -0.2) is 47.9 Å². The van der Waals surface area contributed by atoms with Crippen molar-refractivity contribution in [3.8, 4) is 22.4 Å². The van der Waals surface area contributed by atoms with E-state index in [9.17, 15) is 0 Å². The van der Waals surface area contributed by atoms with Crippen LogP contribution in [0.4, 0.5) is 0 Å². The van der Waals surface area contributed by atoms with Gasteiger partial charge in [-0.15, -0.1) is 22.0 Å². The average Bonchev–Trinajstić information content (AvgIpc) is 3.49. The number of benzene rings is 1. The number of aromatic amines is 2. The molecule has 2 aliphatic rings. The lowest BCUT2D eigenvalue weighted by Gasteiger charge is -2.28. The van der Waals surface area contributed by atoms with Crippen molar-refractivity contribution in [2.24, 2.45) is 0 Å². The predicted octanol–water partition coefficient (Wildman–Crippen LogP) is 3.79. The minimum Gasteiger partial charge on any atom is -0.311 e. The maximum Gasteiger partial charge on any atom is 0.119 e. The molecule has 2 fully saturated rings. The highest BCUT2D eigenvalue weighted by molar-refractivity contribution is 7.99. The monoisotopic (exact) mass is 403 g/mol. The second-order valence-corrected chi connectivity index (χ2v) is 9.23. The summed E-state index contributed by atoms with van der Waals surface area (Å²) in [4.78, 5) is 0. The van der Waals surface area contributed by atoms with Gasteiger partial charge in [-0.25, -0.2) is 0 Å². The number of fused-ring (bicyclic) bond motifs is 3. The molecule has 2 aliphatic heterocycles. The van der Waals surface area contributed by atoms with Crippen LogP contribution in [0.15, 0.2) is 47.9 Å². The fourth-order valence-corrected chi connectivity index (χ4v) is 5.93. The van der Waals surface area contributed by atoms with Crippen LogP contribution in [0.3, 0.4) is 0 Å². The van der Waals surface area contributed by atoms with Crippen LogP contribution in [0.5, 0.6) is 0 Å². The van der Waals surface area contributed by atoms with E-state index >= 15 is 0 Å². The van der Waals surface area contributed by atoms with Gasteiger partial charge in [0.15, 0.2) is 0 Å². The molecule has 1 unspecified atom stereocenters. The quantitative estimate of drug-likeness (QED) is 0.480. The van der Waals surface area contributed by atoms with Crippen molar-refractivity contribution in [1.29, 1.82) is 0 Å². The number of hydrogen-bond donors (Lipinski definition) is 3. The van der Waals surface area contributed by atoms with Gasteiger partial charge in [0, 0.05) is 40.0 Å². The van der Waals surface area contributed by atoms with Crippen LogP contribution in [-0.2, 0) is 0 Å². The zero-order chi connectivity index (χ0) is 19.2. The van der Waals surface area contributed by atoms with E-state index < -0.39 is 0 Å². The van der Waals surface area contributed by atoms with Crippen molar-refractivity contribution in [3.63, 3.8) is 0 Å². The van der Waals surface area contributed by atoms with E-state index in [0.717, 1.165) is 38.3 Å². The second kappa shape index (κ2) is 6.96. The molecule has 3 atom stereocenters. The van der Waals surface area contributed by atoms with Crippen molar-refractivity contribution in [1.82, 2.24) is 35.9 Å². The maximum absolute atomic E-state index is 4.54. The third-order valence-corrected chi connectivity index (χ3v) is 7.24. The zero-order valence-electron chi connectivity index (χ0n) is 15.8. The van der Waals surface area contributed by atoms with E-state index in [0.29, 0.717) is 17.3 Å². The lowest BCUT2D eigenvalue weighted by molar-refractivity contribution is 0.414. The van der Waals surface area contributed by atoms with E-state index in [4.69, 9.17) is 0 Å². The first-order chi connectivity index (χ1) is 14.3. The summed E-state index contributed by atoms with van der Waals surface area (Å²) in [6, 6.07) is 9.72. The first kappa shape index (κ1) is 17.2. The van der Waals surface area contributed by atoms with Gasteiger partial charge in [0.25, 0.3) is 0 Å². The third kappa shape index (κ3) is 3.12. The summed E-state index contributed by atoms with van der Waals surface area (Å²) in [6.07, 6.45) is 10.7. The van der Waals surface area contributed by atoms with E-state index in [1.807, 2.05) is 30.4 Å². The first-order valence-electron chi connectivity index (χ1n) is 10.1. The molecule has 146 valence electrons. The standard InChI is InChI=1S/C21H21N7S/c1-2-14-8-15(7-13(1)25-14)29-20-6-5-19(26-27-20)17-4-3-16(12-9-22-23-10-12)18-11-24-28-21(17)18/h3-6,9-11,13-15,25H,1-2,7-8H2,(H,22,23)(H,24,28)/t13-,14+,15?. The summed E-state index contributed by atoms with van der Waals surface area (Å²) in [6.45, 7) is 0. The summed E-state index contributed by atoms with van der Waals surface area (Å²) in [5, 5.41) is 29.8. The molecule has 0 radical (unpaired) electrons. The van der Waals surface area contributed by atoms with E-state index in [-0.39, 0.29) is 0 Å². The molecule has 6 rings (SSSR count). The van der Waals surface area contributed by atoms with Crippen LogP contribution in [0.1, 0.15) is 25.7 Å². The molecule has 2 bridgehead atoms. The molecule has 0 saturated carbocycles. The lowest BCUT2D eigenvalue weighted by Crippen LogP contribution is -2.39. The van der Waals surface area contributed by atoms with Gasteiger partial charge >= 0.3 is 0 Å². The largest absolute Gasteiger partial charge is 0.311 e. The van der Waals surface area contributed by atoms with Gasteiger partial charge < -0.3 is 5.32 Å². The number of hydrogen-bond acceptors (Lipinski definition) is 6. The van der Waals surface area contributed by atoms with Crippen molar-refractivity contribution in [3.05, 3.63) is 42.9 Å². The lowest BCUT2D eigenvalue weighted by atomic mass is 10.0. The van der Waals surface area contributed by atoms with Crippen LogP contribution in [0, 0.1) is 0 Å². The highest BCUT2D eigenvalue weighted by Crippen LogP contribution is 2.37. The van der Waals surface area contributed by atoms with E-state index in [2.05, 4.69) is 60.2 Å². The Labute approximate surface area is 172 Å². The molecule has 7 nitrogen and oxygen atoms in total. The van der Waals surface area contributed by atoms with Gasteiger partial charge in [-0.3, -0.25) is 10.2 Å². The molecule has 0 amide bonds. The number of H-pyrrole nitrogens is 2. The Balaban J connectivity index is 1.27. The molecule has 5 heterocycles. The minimum atomic E-state index is 0.641. The highest BCUT2D eigenvalue weighted by atomic mass is 32.2. The molecule has 2 saturated heterocycles. The number of thioether (sulfide) groups is 1. The molecule has 1 aromatic carbocycles. The summed E-state index contributed by atoms with van der Waals surface area (Å²) in [7, 11) is 0. The number of nitrogens with zero attached hydrogens (tertiary/aromatic N) is 4. The van der Waals surface area contributed by atoms with Gasteiger partial charge in [0.2, 0.25) is 0 Å². The van der Waals surface area contributed by atoms with Crippen LogP contribution < -0.4 is 5.32 Å². The predicted molar refractivity (Wildman–Crippen MR) is 114 cm³/mol. The summed E-state index contributed by atoms with van der Waals surface area (Å²) >= 11 is 1.88. The molecule has 0 spiro atoms. The maximum atomic E-state index is 4.54. The Morgan fingerprint density at radius 2 is 1.76 bits per heavy atom. The highest BCUT2D eigenvalue weighted by Gasteiger charge is 2.34. The van der Waals surface area contributed by atoms with Gasteiger partial charge in [0.05, 0.1) is 23.6 Å². The Bertz CT molecular complexity index is 1120. The molecular weight excluding hydrogens is 382 g/mol. The summed E-state index contributed by atoms with van der Waals surface area (Å²) < 4.78 is 0. The van der Waals surface area contributed by atoms with Gasteiger partial charge in [-0.05, 0) is 49.4 Å². The Kier molecular flexibility index (Phi) is 4.12. The molecular formula is C21H21N7S. The Hall–Kier alpha value is -2.71. The van der Waals surface area contributed by atoms with Crippen molar-refractivity contribution < 1.29 is 0 Å². The van der Waals surface area contributed by atoms with Crippen molar-refractivity contribution in [2.75, 3.05) is 0 Å². The van der Waals surface area contributed by atoms with Crippen LogP contribution >= 0.6 is 11.8 Å². The molecule has 3 N–H and O–H groups in total. The molecule has 29 heavy (non-hydrogen) atoms. The topological polar surface area (TPSA) is 95.2 Å².